The molecule has 6 heteroatoms. The van der Waals surface area contributed by atoms with Crippen LogP contribution in [0.15, 0.2) is 0 Å². The SMILES string of the molecule is NC(=O)P(N)(=O)O. The maximum Gasteiger partial charge on any atom is 0.350 e. The molecule has 0 aliphatic heterocycles. The highest BCUT2D eigenvalue weighted by molar-refractivity contribution is 7.73. The lowest BCUT2D eigenvalue weighted by Gasteiger charge is -1.93. The molecule has 0 aromatic heterocycles. The van der Waals surface area contributed by atoms with Gasteiger partial charge in [0.05, 0.1) is 0 Å². The number of primary amides is 1. The largest absolute Gasteiger partial charge is 0.360 e. The lowest BCUT2D eigenvalue weighted by atomic mass is 11.5. The molecular formula is CH5N2O3P. The average molecular weight is 124 g/mol. The Labute approximate surface area is 39.8 Å². The van der Waals surface area contributed by atoms with Crippen LogP contribution in [-0.2, 0) is 4.57 Å². The summed E-state index contributed by atoms with van der Waals surface area (Å²) in [4.78, 5) is 17.6. The highest BCUT2D eigenvalue weighted by atomic mass is 31.2. The Morgan fingerprint density at radius 3 is 1.86 bits per heavy atom. The maximum absolute atomic E-state index is 9.77. The summed E-state index contributed by atoms with van der Waals surface area (Å²) in [6, 6.07) is 0. The third-order valence-corrected chi connectivity index (χ3v) is 0.947. The Morgan fingerprint density at radius 2 is 1.86 bits per heavy atom. The summed E-state index contributed by atoms with van der Waals surface area (Å²) in [5, 5.41) is 0. The van der Waals surface area contributed by atoms with Gasteiger partial charge in [-0.05, 0) is 0 Å². The summed E-state index contributed by atoms with van der Waals surface area (Å²) >= 11 is 0. The summed E-state index contributed by atoms with van der Waals surface area (Å²) in [6.07, 6.45) is 0. The van der Waals surface area contributed by atoms with Gasteiger partial charge in [-0.1, -0.05) is 0 Å². The molecule has 0 rings (SSSR count). The molecule has 0 aliphatic carbocycles. The maximum atomic E-state index is 9.77. The van der Waals surface area contributed by atoms with Gasteiger partial charge in [0.2, 0.25) is 0 Å². The van der Waals surface area contributed by atoms with Gasteiger partial charge < -0.3 is 10.6 Å². The monoisotopic (exact) mass is 124 g/mol. The number of carbonyl (C=O) groups excluding carboxylic acids is 1. The third-order valence-electron chi connectivity index (χ3n) is 0.316. The van der Waals surface area contributed by atoms with E-state index in [0.717, 1.165) is 0 Å². The van der Waals surface area contributed by atoms with Crippen LogP contribution >= 0.6 is 7.52 Å². The van der Waals surface area contributed by atoms with E-state index in [1.54, 1.807) is 0 Å². The van der Waals surface area contributed by atoms with Gasteiger partial charge in [0, 0.05) is 0 Å². The van der Waals surface area contributed by atoms with Gasteiger partial charge in [0.25, 0.3) is 0 Å². The van der Waals surface area contributed by atoms with Gasteiger partial charge >= 0.3 is 13.2 Å². The molecule has 0 heterocycles. The molecule has 0 aliphatic rings. The Kier molecular flexibility index (Phi) is 1.53. The van der Waals surface area contributed by atoms with E-state index in [9.17, 15) is 9.36 Å². The fraction of sp³-hybridized carbons (Fsp3) is 0. The van der Waals surface area contributed by atoms with Crippen LogP contribution in [0.3, 0.4) is 0 Å². The molecule has 5 N–H and O–H groups in total. The predicted molar refractivity (Wildman–Crippen MR) is 23.6 cm³/mol. The van der Waals surface area contributed by atoms with Crippen LogP contribution in [0.25, 0.3) is 0 Å². The van der Waals surface area contributed by atoms with Crippen molar-refractivity contribution in [2.24, 2.45) is 11.2 Å². The molecule has 42 valence electrons. The topological polar surface area (TPSA) is 106 Å². The molecule has 0 radical (unpaired) electrons. The van der Waals surface area contributed by atoms with Crippen molar-refractivity contribution in [3.8, 4) is 0 Å². The van der Waals surface area contributed by atoms with Crippen LogP contribution in [0.2, 0.25) is 0 Å². The first-order valence-corrected chi connectivity index (χ1v) is 3.09. The molecule has 1 amide bonds. The summed E-state index contributed by atoms with van der Waals surface area (Å²) in [6.45, 7) is 0. The number of hydrogen-bond donors (Lipinski definition) is 3. The quantitative estimate of drug-likeness (QED) is 0.398. The van der Waals surface area contributed by atoms with Gasteiger partial charge in [0.15, 0.2) is 0 Å². The zero-order chi connectivity index (χ0) is 6.08. The highest BCUT2D eigenvalue weighted by Crippen LogP contribution is 2.27. The predicted octanol–water partition coefficient (Wildman–Crippen LogP) is -0.791. The molecule has 0 fully saturated rings. The lowest BCUT2D eigenvalue weighted by molar-refractivity contribution is 0.262. The number of rotatable bonds is 1. The lowest BCUT2D eigenvalue weighted by Crippen LogP contribution is -2.13. The molecule has 0 saturated heterocycles. The van der Waals surface area contributed by atoms with Gasteiger partial charge in [-0.25, -0.2) is 0 Å². The Bertz CT molecular complexity index is 125. The van der Waals surface area contributed by atoms with E-state index in [-0.39, 0.29) is 0 Å². The molecule has 7 heavy (non-hydrogen) atoms. The smallest absolute Gasteiger partial charge is 0.350 e. The second-order valence-corrected chi connectivity index (χ2v) is 2.65. The molecule has 1 atom stereocenters. The van der Waals surface area contributed by atoms with Crippen LogP contribution in [0, 0.1) is 0 Å². The first-order valence-electron chi connectivity index (χ1n) is 1.36. The van der Waals surface area contributed by atoms with Crippen molar-refractivity contribution in [1.29, 1.82) is 0 Å². The van der Waals surface area contributed by atoms with Gasteiger partial charge in [0.1, 0.15) is 0 Å². The van der Waals surface area contributed by atoms with Crippen LogP contribution in [-0.4, -0.2) is 10.5 Å². The Balaban J connectivity index is 4.09. The zero-order valence-corrected chi connectivity index (χ0v) is 4.26. The van der Waals surface area contributed by atoms with Crippen molar-refractivity contribution >= 4 is 13.2 Å². The van der Waals surface area contributed by atoms with E-state index in [1.165, 1.54) is 0 Å². The highest BCUT2D eigenvalue weighted by Gasteiger charge is 2.17. The molecule has 0 aromatic rings. The number of amides is 1. The minimum absolute atomic E-state index is 1.37. The van der Waals surface area contributed by atoms with Crippen LogP contribution in [0.1, 0.15) is 0 Å². The van der Waals surface area contributed by atoms with Crippen molar-refractivity contribution in [2.45, 2.75) is 0 Å². The van der Waals surface area contributed by atoms with E-state index >= 15 is 0 Å². The molecule has 1 unspecified atom stereocenters. The fourth-order valence-electron chi connectivity index (χ4n) is 0. The molecule has 0 spiro atoms. The zero-order valence-electron chi connectivity index (χ0n) is 3.37. The van der Waals surface area contributed by atoms with Crippen molar-refractivity contribution in [1.82, 2.24) is 0 Å². The first-order chi connectivity index (χ1) is 2.94. The standard InChI is InChI=1S/CH5N2O3P/c2-1(4)7(3,5)6/h(H2,2,4)(H3,3,5,6). The fourth-order valence-corrected chi connectivity index (χ4v) is 0. The van der Waals surface area contributed by atoms with Gasteiger partial charge in [-0.15, -0.1) is 0 Å². The Hall–Kier alpha value is -0.380. The molecule has 0 aromatic carbocycles. The summed E-state index contributed by atoms with van der Waals surface area (Å²) in [5.41, 5.74) is 7.24. The summed E-state index contributed by atoms with van der Waals surface area (Å²) in [5.74, 6) is 0. The van der Waals surface area contributed by atoms with E-state index in [2.05, 4.69) is 11.2 Å². The number of hydrogen-bond acceptors (Lipinski definition) is 2. The van der Waals surface area contributed by atoms with Gasteiger partial charge in [-0.3, -0.25) is 14.9 Å². The summed E-state index contributed by atoms with van der Waals surface area (Å²) < 4.78 is 9.77. The minimum Gasteiger partial charge on any atom is -0.360 e. The first kappa shape index (κ1) is 6.62. The second kappa shape index (κ2) is 1.61. The van der Waals surface area contributed by atoms with Crippen molar-refractivity contribution in [3.05, 3.63) is 0 Å². The second-order valence-electron chi connectivity index (χ2n) is 0.961. The molecule has 0 bridgehead atoms. The van der Waals surface area contributed by atoms with E-state index in [1.807, 2.05) is 0 Å². The summed E-state index contributed by atoms with van der Waals surface area (Å²) in [7, 11) is -4.10. The minimum atomic E-state index is -4.10. The molecular weight excluding hydrogens is 119 g/mol. The van der Waals surface area contributed by atoms with Crippen LogP contribution < -0.4 is 11.2 Å². The van der Waals surface area contributed by atoms with Gasteiger partial charge in [-0.2, -0.15) is 0 Å². The number of carbonyl (C=O) groups is 1. The van der Waals surface area contributed by atoms with E-state index < -0.39 is 13.2 Å². The molecule has 5 nitrogen and oxygen atoms in total. The van der Waals surface area contributed by atoms with Crippen molar-refractivity contribution in [2.75, 3.05) is 0 Å². The Morgan fingerprint density at radius 1 is 1.71 bits per heavy atom. The van der Waals surface area contributed by atoms with Crippen LogP contribution in [0.5, 0.6) is 0 Å². The number of nitrogens with two attached hydrogens (primary N) is 2. The van der Waals surface area contributed by atoms with Crippen LogP contribution in [0.4, 0.5) is 4.79 Å². The van der Waals surface area contributed by atoms with Crippen molar-refractivity contribution in [3.63, 3.8) is 0 Å². The molecule has 0 saturated carbocycles. The normalized spacial score (nSPS) is 18.0. The van der Waals surface area contributed by atoms with E-state index in [4.69, 9.17) is 4.89 Å². The van der Waals surface area contributed by atoms with E-state index in [0.29, 0.717) is 0 Å². The third kappa shape index (κ3) is 2.33. The van der Waals surface area contributed by atoms with Crippen molar-refractivity contribution < 1.29 is 14.3 Å². The average Bonchev–Trinajstić information content (AvgIpc) is 1.31.